The van der Waals surface area contributed by atoms with Crippen molar-refractivity contribution in [3.8, 4) is 78.3 Å². The molecule has 10 aromatic carbocycles. The van der Waals surface area contributed by atoms with Crippen LogP contribution in [0, 0.1) is 19.8 Å². The van der Waals surface area contributed by atoms with Crippen LogP contribution in [0.1, 0.15) is 110 Å². The topological polar surface area (TPSA) is 205 Å². The largest absolute Gasteiger partial charge is 0.390 e. The Bertz CT molecular complexity index is 4980. The number of ether oxygens (including phenoxy) is 5. The van der Waals surface area contributed by atoms with Gasteiger partial charge < -0.3 is 48.6 Å². The number of Topliss-reactive ketones (excluding diaryl/α,β-unsaturated/α-hetero) is 1. The molecule has 2 atom stereocenters. The van der Waals surface area contributed by atoms with Crippen molar-refractivity contribution in [1.82, 2.24) is 25.3 Å². The monoisotopic (exact) mass is 1650 g/mol. The van der Waals surface area contributed by atoms with Crippen molar-refractivity contribution in [1.29, 1.82) is 0 Å². The third kappa shape index (κ3) is 25.6. The van der Waals surface area contributed by atoms with Crippen molar-refractivity contribution in [2.45, 2.75) is 106 Å². The quantitative estimate of drug-likeness (QED) is 0.0510. The standard InChI is InChI=1S/C20H22ClNO4.C19H21ClO2.C18H20ClNO2.C18H16ClNOS.C17H15ClN2O2/c1-26-12-15-10-14(20(25)22-9-8-18(23)19(24)11-22)4-7-17(15)13-2-5-16(21)6-3-13;1-13(2)10-19(21)15-6-9-18(16(11-15)12-22-3)14-4-7-17(20)8-5-14;1-12(2)20-18(21)14-4-5-15(11-22-3)17(10-14)13-6-8-16(19)9-7-13;1-12-20-18(11-22-12)14-5-8-17(15(9-14)10-21-2)13-3-6-16(19)7-4-13;1-11-19-17(22-20-11)13-5-8-16(14(9-13)10-21-2)12-3-6-15(18)7-4-12/h2-7,10,18-19,23-24H,8-9,11-12H2,1H3;4-9,11,13H,10,12H2,1-3H3;4-10,12H,11H2,1-3H3,(H,20,21);3-9,11H,10H2,1-2H3;3-9H,10H2,1-2H3/t18-,19+;;;;/m0..../s1. The molecule has 594 valence electrons. The van der Waals surface area contributed by atoms with Gasteiger partial charge in [-0.15, -0.1) is 11.3 Å². The first-order valence-electron chi connectivity index (χ1n) is 37.0. The first-order valence-corrected chi connectivity index (χ1v) is 39.7. The molecule has 0 unspecified atom stereocenters. The van der Waals surface area contributed by atoms with Crippen molar-refractivity contribution in [2.75, 3.05) is 48.6 Å². The second-order valence-electron chi connectivity index (χ2n) is 27.8. The van der Waals surface area contributed by atoms with Crippen LogP contribution in [0.2, 0.25) is 25.1 Å². The van der Waals surface area contributed by atoms with Crippen LogP contribution in [0.4, 0.5) is 0 Å². The zero-order valence-electron chi connectivity index (χ0n) is 65.6. The maximum absolute atomic E-state index is 12.8. The average Bonchev–Trinajstić information content (AvgIpc) is 1.78. The van der Waals surface area contributed by atoms with Gasteiger partial charge in [-0.1, -0.05) is 180 Å². The van der Waals surface area contributed by atoms with Gasteiger partial charge in [0.15, 0.2) is 11.6 Å². The Morgan fingerprint density at radius 1 is 0.465 bits per heavy atom. The van der Waals surface area contributed by atoms with Gasteiger partial charge in [-0.25, -0.2) is 4.98 Å². The number of piperidine rings is 1. The van der Waals surface area contributed by atoms with Crippen LogP contribution in [0.5, 0.6) is 0 Å². The number of hydrogen-bond donors (Lipinski definition) is 3. The summed E-state index contributed by atoms with van der Waals surface area (Å²) in [6.45, 7) is 14.8. The number of carbonyl (C=O) groups excluding carboxylic acids is 3. The molecule has 12 aromatic rings. The smallest absolute Gasteiger partial charge is 0.257 e. The number of aliphatic hydroxyl groups excluding tert-OH is 2. The number of methoxy groups -OCH3 is 5. The summed E-state index contributed by atoms with van der Waals surface area (Å²) in [7, 11) is 8.32. The van der Waals surface area contributed by atoms with E-state index in [0.717, 1.165) is 121 Å². The highest BCUT2D eigenvalue weighted by Crippen LogP contribution is 2.35. The van der Waals surface area contributed by atoms with E-state index in [4.69, 9.17) is 86.2 Å². The highest BCUT2D eigenvalue weighted by Gasteiger charge is 2.30. The number of β-amino-alcohol motifs (C(OH)–C–C–N with tert-alkyl or cyclic N) is 1. The minimum atomic E-state index is -0.903. The fourth-order valence-electron chi connectivity index (χ4n) is 12.6. The van der Waals surface area contributed by atoms with Crippen molar-refractivity contribution >= 4 is 86.9 Å². The molecule has 0 spiro atoms. The van der Waals surface area contributed by atoms with Crippen molar-refractivity contribution < 1.29 is 52.8 Å². The zero-order chi connectivity index (χ0) is 82.0. The van der Waals surface area contributed by atoms with E-state index < -0.39 is 12.2 Å². The molecule has 1 aliphatic heterocycles. The number of rotatable bonds is 23. The summed E-state index contributed by atoms with van der Waals surface area (Å²) in [6, 6.07) is 67.9. The molecule has 114 heavy (non-hydrogen) atoms. The second kappa shape index (κ2) is 44.0. The Morgan fingerprint density at radius 3 is 1.25 bits per heavy atom. The van der Waals surface area contributed by atoms with Gasteiger partial charge in [-0.2, -0.15) is 4.98 Å². The summed E-state index contributed by atoms with van der Waals surface area (Å²) in [5.74, 6) is 1.43. The highest BCUT2D eigenvalue weighted by atomic mass is 35.5. The Morgan fingerprint density at radius 2 is 0.851 bits per heavy atom. The van der Waals surface area contributed by atoms with Crippen molar-refractivity contribution in [3.05, 3.63) is 298 Å². The number of hydrogen-bond acceptors (Lipinski definition) is 15. The normalized spacial score (nSPS) is 13.0. The van der Waals surface area contributed by atoms with Gasteiger partial charge >= 0.3 is 0 Å². The number of aryl methyl sites for hydroxylation is 2. The molecule has 0 aliphatic carbocycles. The van der Waals surface area contributed by atoms with E-state index in [9.17, 15) is 24.6 Å². The Hall–Kier alpha value is -9.25. The van der Waals surface area contributed by atoms with Crippen LogP contribution in [-0.2, 0) is 56.7 Å². The fraction of sp³-hybridized carbons (Fsp3) is 0.261. The number of nitrogens with zero attached hydrogens (tertiary/aromatic N) is 4. The number of carbonyl (C=O) groups is 3. The molecule has 0 radical (unpaired) electrons. The molecule has 2 amide bonds. The van der Waals surface area contributed by atoms with Crippen LogP contribution in [0.25, 0.3) is 78.3 Å². The van der Waals surface area contributed by atoms with Gasteiger partial charge in [-0.05, 0) is 233 Å². The lowest BCUT2D eigenvalue weighted by atomic mass is 9.94. The molecule has 0 bridgehead atoms. The third-order valence-electron chi connectivity index (χ3n) is 18.2. The van der Waals surface area contributed by atoms with Crippen LogP contribution < -0.4 is 5.32 Å². The maximum atomic E-state index is 12.8. The summed E-state index contributed by atoms with van der Waals surface area (Å²) in [6.07, 6.45) is -0.734. The number of thiazole rings is 1. The third-order valence-corrected chi connectivity index (χ3v) is 20.2. The molecule has 2 aromatic heterocycles. The number of likely N-dealkylation sites (tertiary alicyclic amines) is 1. The van der Waals surface area contributed by atoms with Gasteiger partial charge in [0.25, 0.3) is 17.7 Å². The number of amides is 2. The second-order valence-corrected chi connectivity index (χ2v) is 31.0. The first-order chi connectivity index (χ1) is 54.8. The number of aromatic nitrogens is 3. The van der Waals surface area contributed by atoms with Gasteiger partial charge in [0, 0.05) is 119 Å². The average molecular weight is 1660 g/mol. The lowest BCUT2D eigenvalue weighted by molar-refractivity contribution is -0.0321. The molecule has 1 saturated heterocycles. The van der Waals surface area contributed by atoms with E-state index in [0.29, 0.717) is 96.2 Å². The predicted octanol–water partition coefficient (Wildman–Crippen LogP) is 22.5. The molecule has 1 fully saturated rings. The maximum Gasteiger partial charge on any atom is 0.257 e. The summed E-state index contributed by atoms with van der Waals surface area (Å²) in [5.41, 5.74) is 20.7. The van der Waals surface area contributed by atoms with Gasteiger partial charge in [0.1, 0.15) is 0 Å². The lowest BCUT2D eigenvalue weighted by Crippen LogP contribution is -2.48. The van der Waals surface area contributed by atoms with E-state index in [-0.39, 0.29) is 30.2 Å². The van der Waals surface area contributed by atoms with Gasteiger partial charge in [0.2, 0.25) is 0 Å². The Labute approximate surface area is 696 Å². The molecule has 3 N–H and O–H groups in total. The molecule has 0 saturated carbocycles. The van der Waals surface area contributed by atoms with E-state index in [1.54, 1.807) is 64.8 Å². The summed E-state index contributed by atoms with van der Waals surface area (Å²) in [5, 5.41) is 32.9. The number of nitrogens with one attached hydrogen (secondary N) is 1. The SMILES string of the molecule is COCc1cc(-c2csc(C)n2)ccc1-c1ccc(Cl)cc1.COCc1cc(-c2nc(C)no2)ccc1-c1ccc(Cl)cc1.COCc1cc(C(=O)CC(C)C)ccc1-c1ccc(Cl)cc1.COCc1cc(C(=O)N2CC[C@H](O)[C@H](O)C2)ccc1-c1ccc(Cl)cc1.COCc1ccc(C(=O)NC(C)C)cc1-c1ccc(Cl)cc1. The first kappa shape index (κ1) is 88.7. The predicted molar refractivity (Wildman–Crippen MR) is 461 cm³/mol. The van der Waals surface area contributed by atoms with Gasteiger partial charge in [0.05, 0.1) is 55.9 Å². The van der Waals surface area contributed by atoms with Crippen LogP contribution in [0.15, 0.2) is 222 Å². The van der Waals surface area contributed by atoms with Crippen molar-refractivity contribution in [2.24, 2.45) is 5.92 Å². The Balaban J connectivity index is 0.000000163. The summed E-state index contributed by atoms with van der Waals surface area (Å²) >= 11 is 31.5. The zero-order valence-corrected chi connectivity index (χ0v) is 70.2. The number of ketones is 1. The molecule has 1 aliphatic rings. The molecular formula is C92H94Cl5N5O11S. The fourth-order valence-corrected chi connectivity index (χ4v) is 13.9. The summed E-state index contributed by atoms with van der Waals surface area (Å²) in [4.78, 5) is 47.6. The van der Waals surface area contributed by atoms with E-state index in [1.807, 2.05) is 209 Å². The minimum Gasteiger partial charge on any atom is -0.390 e. The number of halogens is 5. The highest BCUT2D eigenvalue weighted by molar-refractivity contribution is 7.09. The van der Waals surface area contributed by atoms with Crippen molar-refractivity contribution in [3.63, 3.8) is 0 Å². The molecule has 16 nitrogen and oxygen atoms in total. The van der Waals surface area contributed by atoms with E-state index >= 15 is 0 Å². The Kier molecular flexibility index (Phi) is 34.2. The van der Waals surface area contributed by atoms with Crippen LogP contribution >= 0.6 is 69.3 Å². The molecular weight excluding hydrogens is 1560 g/mol. The number of benzene rings is 10. The molecule has 13 rings (SSSR count). The van der Waals surface area contributed by atoms with E-state index in [1.165, 1.54) is 0 Å². The summed E-state index contributed by atoms with van der Waals surface area (Å²) < 4.78 is 31.8. The number of aliphatic hydroxyl groups is 2. The molecule has 22 heteroatoms. The molecule has 3 heterocycles. The van der Waals surface area contributed by atoms with E-state index in [2.05, 4.69) is 57.9 Å². The lowest BCUT2D eigenvalue weighted by Gasteiger charge is -2.33. The van der Waals surface area contributed by atoms with Gasteiger partial charge in [-0.3, -0.25) is 14.4 Å². The van der Waals surface area contributed by atoms with Crippen LogP contribution in [0.3, 0.4) is 0 Å². The minimum absolute atomic E-state index is 0.0748. The van der Waals surface area contributed by atoms with Crippen LogP contribution in [-0.4, -0.2) is 115 Å².